The van der Waals surface area contributed by atoms with Gasteiger partial charge in [-0.1, -0.05) is 19.9 Å². The molecule has 0 spiro atoms. The quantitative estimate of drug-likeness (QED) is 0.820. The summed E-state index contributed by atoms with van der Waals surface area (Å²) >= 11 is 1.82. The van der Waals surface area contributed by atoms with Crippen molar-refractivity contribution in [2.24, 2.45) is 5.92 Å². The topological polar surface area (TPSA) is 12.0 Å². The molecule has 1 rings (SSSR count). The highest BCUT2D eigenvalue weighted by Crippen LogP contribution is 2.32. The van der Waals surface area contributed by atoms with E-state index in [0.29, 0.717) is 11.5 Å². The van der Waals surface area contributed by atoms with Crippen LogP contribution in [0.3, 0.4) is 0 Å². The number of nitrogens with one attached hydrogen (secondary N) is 1. The lowest BCUT2D eigenvalue weighted by atomic mass is 10.00. The number of hydrogen-bond donors (Lipinski definition) is 1. The van der Waals surface area contributed by atoms with Gasteiger partial charge < -0.3 is 5.32 Å². The molecule has 0 saturated carbocycles. The molecule has 0 aliphatic heterocycles. The summed E-state index contributed by atoms with van der Waals surface area (Å²) in [5, 5.41) is 3.19. The molecule has 20 heavy (non-hydrogen) atoms. The summed E-state index contributed by atoms with van der Waals surface area (Å²) in [6.45, 7) is 6.05. The molecule has 0 radical (unpaired) electrons. The van der Waals surface area contributed by atoms with Crippen LogP contribution in [0.1, 0.15) is 36.6 Å². The summed E-state index contributed by atoms with van der Waals surface area (Å²) in [4.78, 5) is 0. The predicted octanol–water partition coefficient (Wildman–Crippen LogP) is 4.66. The first kappa shape index (κ1) is 17.4. The van der Waals surface area contributed by atoms with E-state index in [1.807, 2.05) is 18.8 Å². The van der Waals surface area contributed by atoms with E-state index < -0.39 is 11.7 Å². The van der Waals surface area contributed by atoms with Gasteiger partial charge in [0.25, 0.3) is 0 Å². The highest BCUT2D eigenvalue weighted by molar-refractivity contribution is 7.99. The van der Waals surface area contributed by atoms with E-state index in [2.05, 4.69) is 19.2 Å². The molecule has 0 aliphatic rings. The third-order valence-corrected chi connectivity index (χ3v) is 4.53. The minimum Gasteiger partial charge on any atom is -0.312 e. The monoisotopic (exact) mass is 305 g/mol. The van der Waals surface area contributed by atoms with Crippen LogP contribution in [-0.2, 0) is 6.18 Å². The molecule has 0 fully saturated rings. The zero-order valence-electron chi connectivity index (χ0n) is 12.3. The van der Waals surface area contributed by atoms with Crippen LogP contribution in [0.15, 0.2) is 18.2 Å². The van der Waals surface area contributed by atoms with Gasteiger partial charge in [-0.2, -0.15) is 24.9 Å². The number of halogens is 3. The summed E-state index contributed by atoms with van der Waals surface area (Å²) in [5.41, 5.74) is 1.05. The number of alkyl halides is 3. The molecule has 114 valence electrons. The highest BCUT2D eigenvalue weighted by atomic mass is 32.2. The van der Waals surface area contributed by atoms with Gasteiger partial charge in [-0.05, 0) is 48.9 Å². The largest absolute Gasteiger partial charge is 0.416 e. The van der Waals surface area contributed by atoms with Gasteiger partial charge in [0.05, 0.1) is 5.56 Å². The molecule has 1 atom stereocenters. The fourth-order valence-corrected chi connectivity index (χ4v) is 3.18. The Bertz CT molecular complexity index is 430. The van der Waals surface area contributed by atoms with Gasteiger partial charge >= 0.3 is 6.18 Å². The zero-order valence-corrected chi connectivity index (χ0v) is 13.2. The average Bonchev–Trinajstić information content (AvgIpc) is 2.34. The van der Waals surface area contributed by atoms with Crippen molar-refractivity contribution in [3.8, 4) is 0 Å². The van der Waals surface area contributed by atoms with Crippen LogP contribution in [-0.4, -0.2) is 18.6 Å². The lowest BCUT2D eigenvalue weighted by Gasteiger charge is -2.20. The molecule has 0 aromatic heterocycles. The first-order valence-electron chi connectivity index (χ1n) is 6.68. The molecule has 1 nitrogen and oxygen atoms in total. The summed E-state index contributed by atoms with van der Waals surface area (Å²) in [6, 6.07) is 4.07. The van der Waals surface area contributed by atoms with E-state index in [0.717, 1.165) is 17.1 Å². The van der Waals surface area contributed by atoms with Crippen LogP contribution in [0.5, 0.6) is 0 Å². The van der Waals surface area contributed by atoms with Crippen LogP contribution in [0.2, 0.25) is 0 Å². The number of aryl methyl sites for hydroxylation is 1. The summed E-state index contributed by atoms with van der Waals surface area (Å²) < 4.78 is 38.0. The third kappa shape index (κ3) is 5.02. The van der Waals surface area contributed by atoms with E-state index in [1.54, 1.807) is 13.0 Å². The van der Waals surface area contributed by atoms with Crippen LogP contribution in [0, 0.1) is 12.8 Å². The first-order chi connectivity index (χ1) is 9.25. The Labute approximate surface area is 123 Å². The highest BCUT2D eigenvalue weighted by Gasteiger charge is 2.31. The van der Waals surface area contributed by atoms with Crippen LogP contribution in [0.4, 0.5) is 13.2 Å². The van der Waals surface area contributed by atoms with Crippen molar-refractivity contribution in [1.82, 2.24) is 5.32 Å². The maximum absolute atomic E-state index is 12.7. The average molecular weight is 305 g/mol. The number of thioether (sulfide) groups is 1. The molecular formula is C15H22F3NS. The second-order valence-electron chi connectivity index (χ2n) is 5.34. The van der Waals surface area contributed by atoms with Crippen LogP contribution >= 0.6 is 11.8 Å². The van der Waals surface area contributed by atoms with Crippen molar-refractivity contribution in [2.45, 2.75) is 33.0 Å². The van der Waals surface area contributed by atoms with Crippen LogP contribution < -0.4 is 5.32 Å². The second kappa shape index (κ2) is 7.36. The smallest absolute Gasteiger partial charge is 0.312 e. The fraction of sp³-hybridized carbons (Fsp3) is 0.600. The fourth-order valence-electron chi connectivity index (χ4n) is 1.99. The molecule has 1 aromatic rings. The van der Waals surface area contributed by atoms with Crippen molar-refractivity contribution in [3.05, 3.63) is 34.9 Å². The number of rotatable bonds is 6. The van der Waals surface area contributed by atoms with E-state index in [9.17, 15) is 13.2 Å². The zero-order chi connectivity index (χ0) is 15.3. The van der Waals surface area contributed by atoms with Crippen LogP contribution in [0.25, 0.3) is 0 Å². The van der Waals surface area contributed by atoms with Crippen molar-refractivity contribution >= 4 is 11.8 Å². The molecule has 5 heteroatoms. The van der Waals surface area contributed by atoms with Crippen molar-refractivity contribution in [2.75, 3.05) is 18.6 Å². The number of hydrogen-bond acceptors (Lipinski definition) is 2. The lowest BCUT2D eigenvalue weighted by Crippen LogP contribution is -2.20. The Hall–Kier alpha value is -0.680. The Balaban J connectivity index is 2.83. The predicted molar refractivity (Wildman–Crippen MR) is 80.1 cm³/mol. The maximum Gasteiger partial charge on any atom is 0.416 e. The summed E-state index contributed by atoms with van der Waals surface area (Å²) in [5.74, 6) is 2.53. The summed E-state index contributed by atoms with van der Waals surface area (Å²) in [6.07, 6.45) is -4.27. The molecule has 1 aromatic carbocycles. The molecule has 0 amide bonds. The third-order valence-electron chi connectivity index (χ3n) is 3.06. The molecule has 1 N–H and O–H groups in total. The van der Waals surface area contributed by atoms with Gasteiger partial charge in [-0.15, -0.1) is 0 Å². The van der Waals surface area contributed by atoms with E-state index >= 15 is 0 Å². The van der Waals surface area contributed by atoms with E-state index in [-0.39, 0.29) is 6.04 Å². The van der Waals surface area contributed by atoms with E-state index in [1.165, 1.54) is 12.1 Å². The molecule has 1 unspecified atom stereocenters. The Morgan fingerprint density at radius 1 is 1.20 bits per heavy atom. The van der Waals surface area contributed by atoms with Crippen molar-refractivity contribution < 1.29 is 13.2 Å². The van der Waals surface area contributed by atoms with Gasteiger partial charge in [-0.3, -0.25) is 0 Å². The maximum atomic E-state index is 12.7. The van der Waals surface area contributed by atoms with Crippen molar-refractivity contribution in [3.63, 3.8) is 0 Å². The second-order valence-corrected chi connectivity index (χ2v) is 6.42. The Morgan fingerprint density at radius 2 is 1.85 bits per heavy atom. The standard InChI is InChI=1S/C15H22F3NS/c1-10(2)8-20-9-14(19-4)13-6-5-12(7-11(13)3)15(16,17)18/h5-7,10,14,19H,8-9H2,1-4H3. The number of benzene rings is 1. The molecule has 0 bridgehead atoms. The van der Waals surface area contributed by atoms with Gasteiger partial charge in [0.2, 0.25) is 0 Å². The Morgan fingerprint density at radius 3 is 2.30 bits per heavy atom. The van der Waals surface area contributed by atoms with Gasteiger partial charge in [-0.25, -0.2) is 0 Å². The van der Waals surface area contributed by atoms with Gasteiger partial charge in [0, 0.05) is 11.8 Å². The Kier molecular flexibility index (Phi) is 6.40. The minimum atomic E-state index is -4.27. The molecule has 0 saturated heterocycles. The molecular weight excluding hydrogens is 283 g/mol. The van der Waals surface area contributed by atoms with E-state index in [4.69, 9.17) is 0 Å². The van der Waals surface area contributed by atoms with Crippen molar-refractivity contribution in [1.29, 1.82) is 0 Å². The van der Waals surface area contributed by atoms with Gasteiger partial charge in [0.15, 0.2) is 0 Å². The van der Waals surface area contributed by atoms with Gasteiger partial charge in [0.1, 0.15) is 0 Å². The normalized spacial score (nSPS) is 13.8. The first-order valence-corrected chi connectivity index (χ1v) is 7.84. The lowest BCUT2D eigenvalue weighted by molar-refractivity contribution is -0.137. The SMILES string of the molecule is CNC(CSCC(C)C)c1ccc(C(F)(F)F)cc1C. The molecule has 0 aliphatic carbocycles. The molecule has 0 heterocycles. The minimum absolute atomic E-state index is 0.0843. The summed E-state index contributed by atoms with van der Waals surface area (Å²) in [7, 11) is 1.84.